The van der Waals surface area contributed by atoms with Crippen LogP contribution in [0.5, 0.6) is 11.5 Å². The van der Waals surface area contributed by atoms with Crippen LogP contribution in [0, 0.1) is 25.6 Å². The third-order valence-electron chi connectivity index (χ3n) is 7.97. The van der Waals surface area contributed by atoms with Crippen molar-refractivity contribution in [3.05, 3.63) is 144 Å². The molecule has 0 saturated heterocycles. The molecule has 3 heterocycles. The first kappa shape index (κ1) is 31.0. The second-order valence-corrected chi connectivity index (χ2v) is 11.4. The van der Waals surface area contributed by atoms with Crippen LogP contribution in [0.2, 0.25) is 0 Å². The molecule has 0 amide bonds. The molecule has 0 spiro atoms. The van der Waals surface area contributed by atoms with E-state index in [4.69, 9.17) is 16.4 Å². The molecular weight excluding hydrogens is 750 g/mol. The van der Waals surface area contributed by atoms with Gasteiger partial charge in [0.2, 0.25) is 6.54 Å². The third kappa shape index (κ3) is 5.75. The molecule has 6 nitrogen and oxygen atoms in total. The van der Waals surface area contributed by atoms with Gasteiger partial charge in [-0.2, -0.15) is 17.2 Å². The van der Waals surface area contributed by atoms with Crippen LogP contribution in [0.4, 0.5) is 0 Å². The van der Waals surface area contributed by atoms with E-state index in [1.165, 1.54) is 0 Å². The molecule has 46 heavy (non-hydrogen) atoms. The predicted octanol–water partition coefficient (Wildman–Crippen LogP) is 9.32. The number of aryl methyl sites for hydroxylation is 1. The Morgan fingerprint density at radius 1 is 0.870 bits per heavy atom. The molecule has 7 rings (SSSR count). The van der Waals surface area contributed by atoms with Gasteiger partial charge in [0.1, 0.15) is 5.82 Å². The summed E-state index contributed by atoms with van der Waals surface area (Å²) < 4.78 is 10.5. The zero-order valence-electron chi connectivity index (χ0n) is 25.8. The van der Waals surface area contributed by atoms with Crippen LogP contribution in [0.15, 0.2) is 103 Å². The molecule has 0 bridgehead atoms. The largest absolute Gasteiger partial charge is 2.00 e. The summed E-state index contributed by atoms with van der Waals surface area (Å²) >= 11 is 0. The van der Waals surface area contributed by atoms with Crippen molar-refractivity contribution >= 4 is 21.8 Å². The number of rotatable bonds is 8. The van der Waals surface area contributed by atoms with Crippen LogP contribution in [0.25, 0.3) is 49.3 Å². The molecule has 0 aliphatic carbocycles. The topological polar surface area (TPSA) is 49.2 Å². The summed E-state index contributed by atoms with van der Waals surface area (Å²) in [6.07, 6.45) is 2.41. The first-order chi connectivity index (χ1) is 22.0. The van der Waals surface area contributed by atoms with Crippen molar-refractivity contribution in [3.8, 4) is 34.1 Å². The van der Waals surface area contributed by atoms with Crippen LogP contribution in [0.3, 0.4) is 0 Å². The van der Waals surface area contributed by atoms with Crippen LogP contribution >= 0.6 is 0 Å². The molecule has 0 radical (unpaired) electrons. The summed E-state index contributed by atoms with van der Waals surface area (Å²) in [5.41, 5.74) is 8.03. The Kier molecular flexibility index (Phi) is 8.88. The van der Waals surface area contributed by atoms with Gasteiger partial charge in [-0.25, -0.2) is 11.6 Å². The Balaban J connectivity index is 0.00000372. The van der Waals surface area contributed by atoms with Crippen molar-refractivity contribution < 1.29 is 25.8 Å². The molecule has 228 valence electrons. The SMILES string of the molecule is [C-]#[N+]CCc1c(-c2ccccc2)c(C(C)C)nn1-c1[c-]c(Oc2[c-]c3c(cc2)c2ccccc2n3-c2cc(C)ccn2)ccc1.[Pt+2]. The summed E-state index contributed by atoms with van der Waals surface area (Å²) in [6.45, 7) is 14.2. The number of nitrogens with zero attached hydrogens (tertiary/aromatic N) is 5. The van der Waals surface area contributed by atoms with Crippen LogP contribution < -0.4 is 4.74 Å². The van der Waals surface area contributed by atoms with Crippen molar-refractivity contribution in [2.75, 3.05) is 6.54 Å². The monoisotopic (exact) mass is 780 g/mol. The van der Waals surface area contributed by atoms with Crippen LogP contribution in [-0.4, -0.2) is 25.9 Å². The molecule has 4 aromatic carbocycles. The minimum absolute atomic E-state index is 0. The molecule has 7 heteroatoms. The fraction of sp³-hybridized carbons (Fsp3) is 0.154. The Labute approximate surface area is 283 Å². The number of hydrogen-bond donors (Lipinski definition) is 0. The number of pyridine rings is 1. The molecule has 0 aliphatic heterocycles. The quantitative estimate of drug-likeness (QED) is 0.145. The molecule has 3 aromatic heterocycles. The molecule has 0 N–H and O–H groups in total. The molecule has 7 aromatic rings. The number of hydrogen-bond acceptors (Lipinski definition) is 3. The van der Waals surface area contributed by atoms with E-state index < -0.39 is 0 Å². The van der Waals surface area contributed by atoms with Gasteiger partial charge >= 0.3 is 21.1 Å². The zero-order chi connectivity index (χ0) is 30.9. The third-order valence-corrected chi connectivity index (χ3v) is 7.97. The van der Waals surface area contributed by atoms with E-state index in [0.29, 0.717) is 24.5 Å². The van der Waals surface area contributed by atoms with E-state index in [-0.39, 0.29) is 27.0 Å². The molecule has 0 aliphatic rings. The van der Waals surface area contributed by atoms with Crippen LogP contribution in [-0.2, 0) is 27.5 Å². The minimum Gasteiger partial charge on any atom is -0.509 e. The predicted molar refractivity (Wildman–Crippen MR) is 179 cm³/mol. The fourth-order valence-corrected chi connectivity index (χ4v) is 5.94. The molecule has 0 saturated carbocycles. The van der Waals surface area contributed by atoms with Gasteiger partial charge in [-0.15, -0.1) is 35.7 Å². The number of aromatic nitrogens is 4. The van der Waals surface area contributed by atoms with Crippen molar-refractivity contribution in [2.24, 2.45) is 0 Å². The van der Waals surface area contributed by atoms with Crippen molar-refractivity contribution in [2.45, 2.75) is 33.1 Å². The van der Waals surface area contributed by atoms with Crippen LogP contribution in [0.1, 0.15) is 36.7 Å². The van der Waals surface area contributed by atoms with Gasteiger partial charge in [0, 0.05) is 28.8 Å². The fourth-order valence-electron chi connectivity index (χ4n) is 5.94. The first-order valence-corrected chi connectivity index (χ1v) is 15.1. The van der Waals surface area contributed by atoms with E-state index in [9.17, 15) is 0 Å². The van der Waals surface area contributed by atoms with Gasteiger partial charge in [0.05, 0.1) is 17.8 Å². The second kappa shape index (κ2) is 13.2. The second-order valence-electron chi connectivity index (χ2n) is 11.4. The summed E-state index contributed by atoms with van der Waals surface area (Å²) in [5.74, 6) is 2.17. The van der Waals surface area contributed by atoms with Gasteiger partial charge in [-0.3, -0.25) is 4.68 Å². The van der Waals surface area contributed by atoms with Gasteiger partial charge < -0.3 is 14.1 Å². The Bertz CT molecular complexity index is 2210. The Morgan fingerprint density at radius 3 is 2.43 bits per heavy atom. The summed E-state index contributed by atoms with van der Waals surface area (Å²) in [5, 5.41) is 7.29. The molecular formula is C39H31N5OPt. The summed E-state index contributed by atoms with van der Waals surface area (Å²) in [6, 6.07) is 39.5. The Morgan fingerprint density at radius 2 is 1.65 bits per heavy atom. The van der Waals surface area contributed by atoms with Crippen molar-refractivity contribution in [1.82, 2.24) is 19.3 Å². The maximum absolute atomic E-state index is 7.48. The number of benzene rings is 4. The standard InChI is InChI=1S/C39H31N5O.Pt/c1-26(2)39-38(28-11-6-5-7-12-28)35(20-21-40-4)44(42-39)29-13-10-14-30(24-29)45-31-17-18-33-32-15-8-9-16-34(32)43(36(33)25-31)37-23-27(3)19-22-41-37;/h5-19,22-23,26H,20-21H2,1-3H3;/q-2;+2. The van der Waals surface area contributed by atoms with E-state index in [2.05, 4.69) is 89.8 Å². The smallest absolute Gasteiger partial charge is 0.509 e. The number of fused-ring (bicyclic) bond motifs is 3. The van der Waals surface area contributed by atoms with Gasteiger partial charge in [-0.1, -0.05) is 67.9 Å². The average molecular weight is 781 g/mol. The molecule has 0 atom stereocenters. The van der Waals surface area contributed by atoms with E-state index in [0.717, 1.165) is 61.4 Å². The van der Waals surface area contributed by atoms with E-state index in [1.807, 2.05) is 65.5 Å². The van der Waals surface area contributed by atoms with Gasteiger partial charge in [-0.05, 0) is 53.2 Å². The number of para-hydroxylation sites is 1. The summed E-state index contributed by atoms with van der Waals surface area (Å²) in [4.78, 5) is 8.35. The van der Waals surface area contributed by atoms with E-state index >= 15 is 0 Å². The average Bonchev–Trinajstić information content (AvgIpc) is 3.60. The van der Waals surface area contributed by atoms with Crippen molar-refractivity contribution in [1.29, 1.82) is 0 Å². The normalized spacial score (nSPS) is 11.1. The maximum Gasteiger partial charge on any atom is 2.00 e. The van der Waals surface area contributed by atoms with Gasteiger partial charge in [0.15, 0.2) is 0 Å². The number of ether oxygens (including phenoxy) is 1. The minimum atomic E-state index is 0. The molecule has 0 fully saturated rings. The summed E-state index contributed by atoms with van der Waals surface area (Å²) in [7, 11) is 0. The van der Waals surface area contributed by atoms with E-state index in [1.54, 1.807) is 0 Å². The van der Waals surface area contributed by atoms with Gasteiger partial charge in [0.25, 0.3) is 0 Å². The first-order valence-electron chi connectivity index (χ1n) is 15.1. The Hall–Kier alpha value is -4.98. The maximum atomic E-state index is 7.48. The zero-order valence-corrected chi connectivity index (χ0v) is 28.0. The van der Waals surface area contributed by atoms with Crippen molar-refractivity contribution in [3.63, 3.8) is 0 Å². The molecule has 0 unspecified atom stereocenters.